The van der Waals surface area contributed by atoms with E-state index in [9.17, 15) is 20.4 Å². The zero-order valence-corrected chi connectivity index (χ0v) is 20.7. The van der Waals surface area contributed by atoms with E-state index in [0.717, 1.165) is 13.0 Å². The Bertz CT molecular complexity index is 516. The predicted molar refractivity (Wildman–Crippen MR) is 125 cm³/mol. The molecule has 8 nitrogen and oxygen atoms in total. The zero-order valence-electron chi connectivity index (χ0n) is 20.7. The normalized spacial score (nSPS) is 19.8. The summed E-state index contributed by atoms with van der Waals surface area (Å²) in [7, 11) is 3.27. The van der Waals surface area contributed by atoms with E-state index >= 15 is 0 Å². The van der Waals surface area contributed by atoms with Gasteiger partial charge in [-0.25, -0.2) is 0 Å². The van der Waals surface area contributed by atoms with E-state index in [-0.39, 0.29) is 18.1 Å². The summed E-state index contributed by atoms with van der Waals surface area (Å²) in [4.78, 5) is 0. The largest absolute Gasteiger partial charge is 0.396 e. The van der Waals surface area contributed by atoms with Crippen molar-refractivity contribution < 1.29 is 34.6 Å². The molecule has 0 aromatic carbocycles. The quantitative estimate of drug-likeness (QED) is 0.122. The third-order valence-electron chi connectivity index (χ3n) is 5.59. The van der Waals surface area contributed by atoms with E-state index in [1.807, 2.05) is 41.6 Å². The van der Waals surface area contributed by atoms with Gasteiger partial charge in [-0.05, 0) is 47.1 Å². The smallest absolute Gasteiger partial charge is 0.183 e. The third-order valence-corrected chi connectivity index (χ3v) is 5.59. The van der Waals surface area contributed by atoms with E-state index in [1.165, 1.54) is 7.11 Å². The Labute approximate surface area is 189 Å². The summed E-state index contributed by atoms with van der Waals surface area (Å²) in [6.45, 7) is 15.7. The zero-order chi connectivity index (χ0) is 24.5. The molecule has 0 saturated carbocycles. The first kappa shape index (κ1) is 30.5. The summed E-state index contributed by atoms with van der Waals surface area (Å²) in [5, 5.41) is 44.2. The van der Waals surface area contributed by atoms with E-state index in [2.05, 4.69) is 11.9 Å². The Hall–Kier alpha value is -0.515. The molecule has 0 rings (SSSR count). The Kier molecular flexibility index (Phi) is 13.0. The number of ether oxygens (including phenoxy) is 3. The van der Waals surface area contributed by atoms with E-state index in [4.69, 9.17) is 14.2 Å². The standard InChI is InChI=1S/C22H46BNO7/c1-9-15(2)24-12-10-22(7,23)30-13-11-21(5,6)31-17(16(26)19(28)29-8)18(27)20(3,4)14-25/h9,15-19,24-28H,1,10-14,23H2,2-8H3. The van der Waals surface area contributed by atoms with Crippen LogP contribution in [0.2, 0.25) is 0 Å². The van der Waals surface area contributed by atoms with E-state index in [1.54, 1.807) is 13.8 Å². The van der Waals surface area contributed by atoms with Crippen LogP contribution in [0.3, 0.4) is 0 Å². The third kappa shape index (κ3) is 11.3. The number of hydrogen-bond donors (Lipinski definition) is 5. The van der Waals surface area contributed by atoms with Crippen LogP contribution in [0.25, 0.3) is 0 Å². The van der Waals surface area contributed by atoms with Crippen molar-refractivity contribution >= 4 is 7.85 Å². The second-order valence-electron chi connectivity index (χ2n) is 10.1. The molecular weight excluding hydrogens is 401 g/mol. The molecule has 0 bridgehead atoms. The van der Waals surface area contributed by atoms with Crippen LogP contribution in [0.4, 0.5) is 0 Å². The molecule has 0 aliphatic carbocycles. The van der Waals surface area contributed by atoms with Gasteiger partial charge in [0.2, 0.25) is 0 Å². The van der Waals surface area contributed by atoms with Crippen molar-refractivity contribution in [3.05, 3.63) is 12.7 Å². The lowest BCUT2D eigenvalue weighted by Gasteiger charge is -2.41. The van der Waals surface area contributed by atoms with Gasteiger partial charge >= 0.3 is 0 Å². The highest BCUT2D eigenvalue weighted by Gasteiger charge is 2.43. The molecule has 184 valence electrons. The van der Waals surface area contributed by atoms with Gasteiger partial charge in [0.05, 0.1) is 18.3 Å². The van der Waals surface area contributed by atoms with Crippen molar-refractivity contribution in [2.75, 3.05) is 26.9 Å². The minimum absolute atomic E-state index is 0.239. The number of aliphatic hydroxyl groups excluding tert-OH is 4. The molecular formula is C22H46BNO7. The van der Waals surface area contributed by atoms with Gasteiger partial charge in [-0.3, -0.25) is 0 Å². The molecule has 0 aromatic heterocycles. The number of aliphatic hydroxyl groups is 4. The highest BCUT2D eigenvalue weighted by Crippen LogP contribution is 2.30. The fraction of sp³-hybridized carbons (Fsp3) is 0.909. The SMILES string of the molecule is BC(C)(CCNC(C)C=C)OCCC(C)(C)OC(C(O)C(O)OC)C(O)C(C)(C)CO. The first-order chi connectivity index (χ1) is 14.1. The molecule has 6 unspecified atom stereocenters. The summed E-state index contributed by atoms with van der Waals surface area (Å²) >= 11 is 0. The van der Waals surface area contributed by atoms with Crippen LogP contribution in [0.5, 0.6) is 0 Å². The van der Waals surface area contributed by atoms with Gasteiger partial charge in [0, 0.05) is 30.7 Å². The summed E-state index contributed by atoms with van der Waals surface area (Å²) in [6.07, 6.45) is -2.29. The van der Waals surface area contributed by atoms with Gasteiger partial charge in [-0.2, -0.15) is 0 Å². The molecule has 0 amide bonds. The van der Waals surface area contributed by atoms with Crippen LogP contribution >= 0.6 is 0 Å². The van der Waals surface area contributed by atoms with Crippen molar-refractivity contribution in [1.29, 1.82) is 0 Å². The summed E-state index contributed by atoms with van der Waals surface area (Å²) in [6, 6.07) is 0.239. The molecule has 0 aromatic rings. The van der Waals surface area contributed by atoms with Crippen LogP contribution in [0, 0.1) is 5.41 Å². The molecule has 0 aliphatic rings. The Morgan fingerprint density at radius 1 is 1.10 bits per heavy atom. The molecule has 9 heteroatoms. The fourth-order valence-corrected chi connectivity index (χ4v) is 2.92. The van der Waals surface area contributed by atoms with Crippen LogP contribution in [-0.4, -0.2) is 96.9 Å². The molecule has 0 heterocycles. The van der Waals surface area contributed by atoms with Gasteiger partial charge < -0.3 is 40.0 Å². The number of hydrogen-bond acceptors (Lipinski definition) is 8. The summed E-state index contributed by atoms with van der Waals surface area (Å²) in [5.41, 5.74) is -2.08. The molecule has 0 aliphatic heterocycles. The average molecular weight is 447 g/mol. The predicted octanol–water partition coefficient (Wildman–Crippen LogP) is 0.166. The fourth-order valence-electron chi connectivity index (χ4n) is 2.92. The molecule has 0 spiro atoms. The molecule has 0 fully saturated rings. The van der Waals surface area contributed by atoms with Crippen LogP contribution < -0.4 is 5.32 Å². The lowest BCUT2D eigenvalue weighted by atomic mass is 9.80. The lowest BCUT2D eigenvalue weighted by Crippen LogP contribution is -2.55. The van der Waals surface area contributed by atoms with Crippen molar-refractivity contribution in [1.82, 2.24) is 5.32 Å². The monoisotopic (exact) mass is 447 g/mol. The number of nitrogens with one attached hydrogen (secondary N) is 1. The topological polar surface area (TPSA) is 121 Å². The van der Waals surface area contributed by atoms with Crippen LogP contribution in [0.15, 0.2) is 12.7 Å². The molecule has 0 saturated heterocycles. The number of rotatable bonds is 17. The van der Waals surface area contributed by atoms with Crippen molar-refractivity contribution in [3.8, 4) is 0 Å². The average Bonchev–Trinajstić information content (AvgIpc) is 2.69. The maximum absolute atomic E-state index is 10.8. The second-order valence-corrected chi connectivity index (χ2v) is 10.1. The Morgan fingerprint density at radius 3 is 2.16 bits per heavy atom. The Morgan fingerprint density at radius 2 is 1.68 bits per heavy atom. The first-order valence-electron chi connectivity index (χ1n) is 11.0. The van der Waals surface area contributed by atoms with Crippen molar-refractivity contribution in [2.45, 2.75) is 96.1 Å². The minimum atomic E-state index is -1.54. The highest BCUT2D eigenvalue weighted by atomic mass is 16.6. The maximum atomic E-state index is 10.8. The van der Waals surface area contributed by atoms with Crippen molar-refractivity contribution in [3.63, 3.8) is 0 Å². The molecule has 5 N–H and O–H groups in total. The molecule has 0 radical (unpaired) electrons. The first-order valence-corrected chi connectivity index (χ1v) is 11.0. The second kappa shape index (κ2) is 13.3. The van der Waals surface area contributed by atoms with E-state index in [0.29, 0.717) is 13.0 Å². The van der Waals surface area contributed by atoms with Gasteiger partial charge in [0.25, 0.3) is 0 Å². The van der Waals surface area contributed by atoms with Crippen molar-refractivity contribution in [2.24, 2.45) is 5.41 Å². The molecule has 31 heavy (non-hydrogen) atoms. The summed E-state index contributed by atoms with van der Waals surface area (Å²) < 4.78 is 16.9. The number of methoxy groups -OCH3 is 1. The maximum Gasteiger partial charge on any atom is 0.183 e. The molecule has 6 atom stereocenters. The minimum Gasteiger partial charge on any atom is -0.396 e. The van der Waals surface area contributed by atoms with Gasteiger partial charge in [-0.15, -0.1) is 6.58 Å². The highest BCUT2D eigenvalue weighted by molar-refractivity contribution is 6.14. The summed E-state index contributed by atoms with van der Waals surface area (Å²) in [5.74, 6) is 0. The lowest BCUT2D eigenvalue weighted by molar-refractivity contribution is -0.242. The van der Waals surface area contributed by atoms with Crippen LogP contribution in [0.1, 0.15) is 54.4 Å². The van der Waals surface area contributed by atoms with Gasteiger partial charge in [-0.1, -0.05) is 19.9 Å². The van der Waals surface area contributed by atoms with Gasteiger partial charge in [0.1, 0.15) is 20.1 Å². The Balaban J connectivity index is 5.01. The van der Waals surface area contributed by atoms with Gasteiger partial charge in [0.15, 0.2) is 6.29 Å². The van der Waals surface area contributed by atoms with E-state index < -0.39 is 35.6 Å². The van der Waals surface area contributed by atoms with Crippen LogP contribution in [-0.2, 0) is 14.2 Å².